The van der Waals surface area contributed by atoms with Crippen LogP contribution in [0, 0.1) is 11.8 Å². The average Bonchev–Trinajstić information content (AvgIpc) is 3.16. The summed E-state index contributed by atoms with van der Waals surface area (Å²) in [6, 6.07) is 3.95. The van der Waals surface area contributed by atoms with Crippen molar-refractivity contribution in [1.82, 2.24) is 4.90 Å². The molecule has 5 atom stereocenters. The zero-order valence-corrected chi connectivity index (χ0v) is 24.6. The fourth-order valence-corrected chi connectivity index (χ4v) is 8.39. The number of alkyl halides is 1. The first-order valence-corrected chi connectivity index (χ1v) is 15.1. The minimum absolute atomic E-state index is 0.0256. The molecular formula is C25H35BrIN2O6-. The first-order chi connectivity index (χ1) is 16.8. The molecule has 0 aliphatic carbocycles. The van der Waals surface area contributed by atoms with Gasteiger partial charge in [0.15, 0.2) is 0 Å². The quantitative estimate of drug-likeness (QED) is 0.138. The van der Waals surface area contributed by atoms with Crippen LogP contribution in [-0.2, 0) is 22.7 Å². The van der Waals surface area contributed by atoms with E-state index in [0.29, 0.717) is 12.0 Å². The van der Waals surface area contributed by atoms with Gasteiger partial charge in [0, 0.05) is 0 Å². The van der Waals surface area contributed by atoms with Gasteiger partial charge in [-0.1, -0.05) is 0 Å². The summed E-state index contributed by atoms with van der Waals surface area (Å²) in [5.41, 5.74) is 1.48. The Labute approximate surface area is 226 Å². The molecule has 0 unspecified atom stereocenters. The number of carbonyl (C=O) groups excluding carboxylic acids is 1. The Bertz CT molecular complexity index is 993. The Morgan fingerprint density at radius 1 is 1.37 bits per heavy atom. The monoisotopic (exact) mass is 665 g/mol. The topological polar surface area (TPSA) is 89.5 Å². The number of rotatable bonds is 8. The molecule has 3 heterocycles. The summed E-state index contributed by atoms with van der Waals surface area (Å²) in [5.74, 6) is 0.713. The van der Waals surface area contributed by atoms with Gasteiger partial charge in [0.25, 0.3) is 0 Å². The van der Waals surface area contributed by atoms with Crippen LogP contribution in [0.2, 0.25) is 0 Å². The van der Waals surface area contributed by atoms with Crippen LogP contribution in [0.4, 0.5) is 5.69 Å². The number of esters is 1. The second kappa shape index (κ2) is 10.7. The maximum atomic E-state index is 12.8. The van der Waals surface area contributed by atoms with Gasteiger partial charge in [0.05, 0.1) is 0 Å². The molecule has 0 radical (unpaired) electrons. The third-order valence-electron chi connectivity index (χ3n) is 8.16. The number of aliphatic hydroxyl groups is 1. The molecule has 0 saturated carbocycles. The molecule has 10 heteroatoms. The van der Waals surface area contributed by atoms with Gasteiger partial charge < -0.3 is 0 Å². The molecule has 0 amide bonds. The van der Waals surface area contributed by atoms with Crippen LogP contribution < -0.4 is 31.7 Å². The van der Waals surface area contributed by atoms with Crippen molar-refractivity contribution in [2.75, 3.05) is 44.3 Å². The second-order valence-electron chi connectivity index (χ2n) is 9.57. The van der Waals surface area contributed by atoms with Gasteiger partial charge in [-0.15, -0.1) is 0 Å². The van der Waals surface area contributed by atoms with Gasteiger partial charge in [-0.05, 0) is 0 Å². The number of benzene rings is 1. The molecule has 0 bridgehead atoms. The summed E-state index contributed by atoms with van der Waals surface area (Å²) >= 11 is 2.82. The van der Waals surface area contributed by atoms with E-state index in [1.54, 1.807) is 20.5 Å². The number of methoxy groups -OCH3 is 3. The van der Waals surface area contributed by atoms with E-state index in [1.165, 1.54) is 7.11 Å². The van der Waals surface area contributed by atoms with Gasteiger partial charge in [-0.3, -0.25) is 0 Å². The van der Waals surface area contributed by atoms with Crippen LogP contribution in [0.25, 0.3) is 0 Å². The summed E-state index contributed by atoms with van der Waals surface area (Å²) < 4.78 is 24.0. The fraction of sp³-hybridized carbons (Fsp3) is 0.640. The number of piperidine rings is 2. The Hall–Kier alpha value is -1.08. The molecule has 35 heavy (non-hydrogen) atoms. The van der Waals surface area contributed by atoms with E-state index in [1.807, 2.05) is 12.1 Å². The number of nitrogens with one attached hydrogen (secondary N) is 1. The zero-order valence-electron chi connectivity index (χ0n) is 20.9. The van der Waals surface area contributed by atoms with Crippen LogP contribution in [0.5, 0.6) is 5.75 Å². The van der Waals surface area contributed by atoms with E-state index < -0.39 is 32.8 Å². The van der Waals surface area contributed by atoms with Crippen molar-refractivity contribution in [2.45, 2.75) is 50.3 Å². The molecule has 2 saturated heterocycles. The Balaban J connectivity index is 1.84. The number of aliphatic hydroxyl groups excluding tert-OH is 1. The van der Waals surface area contributed by atoms with Gasteiger partial charge in [-0.2, -0.15) is 0 Å². The van der Waals surface area contributed by atoms with Crippen molar-refractivity contribution in [3.63, 3.8) is 0 Å². The Morgan fingerprint density at radius 2 is 2.14 bits per heavy atom. The summed E-state index contributed by atoms with van der Waals surface area (Å²) in [6.45, 7) is 6.17. The normalized spacial score (nSPS) is 32.3. The summed E-state index contributed by atoms with van der Waals surface area (Å²) in [5, 5.41) is 13.6. The summed E-state index contributed by atoms with van der Waals surface area (Å²) in [4.78, 5) is 15.3. The molecule has 3 aliphatic heterocycles. The van der Waals surface area contributed by atoms with Crippen molar-refractivity contribution < 1.29 is 48.8 Å². The fourth-order valence-electron chi connectivity index (χ4n) is 6.44. The molecule has 1 aromatic rings. The van der Waals surface area contributed by atoms with Gasteiger partial charge >= 0.3 is 228 Å². The molecular weight excluding hydrogens is 631 g/mol. The first-order valence-electron chi connectivity index (χ1n) is 11.9. The van der Waals surface area contributed by atoms with Crippen LogP contribution in [0.15, 0.2) is 28.4 Å². The predicted octanol–water partition coefficient (Wildman–Crippen LogP) is 0.631. The van der Waals surface area contributed by atoms with Gasteiger partial charge in [0.2, 0.25) is 0 Å². The van der Waals surface area contributed by atoms with Crippen molar-refractivity contribution in [1.29, 1.82) is 0 Å². The number of carbonyl (C=O) groups is 1. The number of nitrogens with zero attached hydrogens (tertiary/aromatic N) is 1. The number of halogens is 2. The number of ether oxygens (including phenoxy) is 3. The van der Waals surface area contributed by atoms with Crippen molar-refractivity contribution in [2.24, 2.45) is 11.8 Å². The molecule has 3 aliphatic rings. The molecule has 2 fully saturated rings. The van der Waals surface area contributed by atoms with Gasteiger partial charge in [-0.25, -0.2) is 0 Å². The molecule has 2 N–H and O–H groups in total. The van der Waals surface area contributed by atoms with E-state index in [9.17, 15) is 9.90 Å². The molecule has 0 spiro atoms. The van der Waals surface area contributed by atoms with E-state index in [2.05, 4.69) is 40.0 Å². The minimum atomic E-state index is -0.924. The van der Waals surface area contributed by atoms with E-state index >= 15 is 0 Å². The molecule has 4 rings (SSSR count). The third-order valence-corrected chi connectivity index (χ3v) is 10.1. The molecule has 1 aromatic carbocycles. The Kier molecular flexibility index (Phi) is 8.26. The van der Waals surface area contributed by atoms with Crippen LogP contribution in [-0.4, -0.2) is 66.8 Å². The standard InChI is InChI=1S/C25H35BrIN2O6/c1-6-15-12-29-10-9-24(2)21-19(33-4)8-7-18(26)22(21)28-25(24,35-27-14-30)20(29)11-16(15)17(13-32-3)23(31)34-5/h7-8,13,15-16,20,28,30H,6,9-12,14H2,1-5H3/q-1/b17-13+/t15-,16+,20+,24-,25+/m1/s1. The molecule has 0 aromatic heterocycles. The predicted molar refractivity (Wildman–Crippen MR) is 132 cm³/mol. The SMILES string of the molecule is CC[C@@H]1CN2CC[C@]3(C)c4c(OC)ccc(Br)c4N[C@]3(O[I-]CO)[C@@H]2C[C@@H]1/C(=C\OC)C(=O)OC. The Morgan fingerprint density at radius 3 is 2.77 bits per heavy atom. The summed E-state index contributed by atoms with van der Waals surface area (Å²) in [6.07, 6.45) is 4.06. The zero-order chi connectivity index (χ0) is 25.4. The van der Waals surface area contributed by atoms with E-state index in [-0.39, 0.29) is 28.5 Å². The third kappa shape index (κ3) is 4.26. The van der Waals surface area contributed by atoms with E-state index in [0.717, 1.165) is 47.4 Å². The summed E-state index contributed by atoms with van der Waals surface area (Å²) in [7, 11) is 4.67. The number of fused-ring (bicyclic) bond motifs is 5. The van der Waals surface area contributed by atoms with Crippen LogP contribution >= 0.6 is 15.9 Å². The second-order valence-corrected chi connectivity index (χ2v) is 12.2. The number of hydrogen-bond donors (Lipinski definition) is 2. The molecule has 8 nitrogen and oxygen atoms in total. The van der Waals surface area contributed by atoms with Crippen LogP contribution in [0.1, 0.15) is 38.7 Å². The van der Waals surface area contributed by atoms with E-state index in [4.69, 9.17) is 17.3 Å². The number of anilines is 1. The van der Waals surface area contributed by atoms with Crippen molar-refractivity contribution in [3.05, 3.63) is 34.0 Å². The first kappa shape index (κ1) is 27.0. The maximum absolute atomic E-state index is 12.8. The van der Waals surface area contributed by atoms with Crippen LogP contribution in [0.3, 0.4) is 0 Å². The number of hydrogen-bond acceptors (Lipinski definition) is 8. The van der Waals surface area contributed by atoms with Crippen molar-refractivity contribution >= 4 is 27.6 Å². The molecule has 196 valence electrons. The average molecular weight is 666 g/mol. The van der Waals surface area contributed by atoms with Crippen molar-refractivity contribution in [3.8, 4) is 5.75 Å². The van der Waals surface area contributed by atoms with Gasteiger partial charge in [0.1, 0.15) is 0 Å².